The van der Waals surface area contributed by atoms with Crippen LogP contribution in [0, 0.1) is 0 Å². The second-order valence-electron chi connectivity index (χ2n) is 8.67. The highest BCUT2D eigenvalue weighted by Crippen LogP contribution is 2.33. The molecule has 3 aromatic carbocycles. The number of carbonyl (C=O) groups excluding carboxylic acids is 2. The maximum atomic E-state index is 13.5. The Morgan fingerprint density at radius 2 is 1.68 bits per heavy atom. The molecule has 0 radical (unpaired) electrons. The lowest BCUT2D eigenvalue weighted by molar-refractivity contribution is -0.119. The van der Waals surface area contributed by atoms with E-state index in [0.29, 0.717) is 10.6 Å². The molecular formula is C27H31N3O5S2. The van der Waals surface area contributed by atoms with Crippen LogP contribution in [-0.4, -0.2) is 50.8 Å². The van der Waals surface area contributed by atoms with Gasteiger partial charge in [-0.15, -0.1) is 0 Å². The van der Waals surface area contributed by atoms with E-state index in [1.165, 1.54) is 35.2 Å². The number of benzene rings is 3. The number of amides is 2. The third-order valence-corrected chi connectivity index (χ3v) is 8.93. The van der Waals surface area contributed by atoms with Crippen molar-refractivity contribution >= 4 is 33.6 Å². The molecule has 3 rings (SSSR count). The van der Waals surface area contributed by atoms with Gasteiger partial charge in [0.25, 0.3) is 5.91 Å². The van der Waals surface area contributed by atoms with Crippen LogP contribution in [0.3, 0.4) is 0 Å². The largest absolute Gasteiger partial charge is 0.497 e. The molecule has 3 N–H and O–H groups in total. The van der Waals surface area contributed by atoms with Gasteiger partial charge in [-0.2, -0.15) is 4.31 Å². The molecule has 8 nitrogen and oxygen atoms in total. The van der Waals surface area contributed by atoms with Crippen LogP contribution in [0.4, 0.5) is 0 Å². The molecule has 0 aliphatic carbocycles. The lowest BCUT2D eigenvalue weighted by Gasteiger charge is -2.22. The predicted molar refractivity (Wildman–Crippen MR) is 144 cm³/mol. The number of nitrogens with one attached hydrogen (secondary N) is 1. The van der Waals surface area contributed by atoms with E-state index in [0.717, 1.165) is 10.5 Å². The summed E-state index contributed by atoms with van der Waals surface area (Å²) in [6.07, 6.45) is 0.205. The SMILES string of the molecule is COc1ccc(Sc2ccc(S(=O)(=O)N(C)C(C)C)cc2C(=O)N[C@H](Cc2ccccc2)C(N)=O)cc1. The Morgan fingerprint density at radius 1 is 1.03 bits per heavy atom. The van der Waals surface area contributed by atoms with Gasteiger partial charge in [0.15, 0.2) is 0 Å². The Bertz CT molecular complexity index is 1340. The van der Waals surface area contributed by atoms with E-state index in [1.807, 2.05) is 42.5 Å². The van der Waals surface area contributed by atoms with Crippen LogP contribution in [0.5, 0.6) is 5.75 Å². The number of hydrogen-bond acceptors (Lipinski definition) is 6. The van der Waals surface area contributed by atoms with Gasteiger partial charge in [0, 0.05) is 29.3 Å². The van der Waals surface area contributed by atoms with Gasteiger partial charge in [-0.25, -0.2) is 8.42 Å². The van der Waals surface area contributed by atoms with Gasteiger partial charge in [-0.05, 0) is 61.9 Å². The Balaban J connectivity index is 2.00. The number of methoxy groups -OCH3 is 1. The molecule has 0 unspecified atom stereocenters. The van der Waals surface area contributed by atoms with Gasteiger partial charge in [-0.3, -0.25) is 9.59 Å². The van der Waals surface area contributed by atoms with Crippen LogP contribution in [0.1, 0.15) is 29.8 Å². The van der Waals surface area contributed by atoms with Crippen molar-refractivity contribution in [3.8, 4) is 5.75 Å². The van der Waals surface area contributed by atoms with Crippen molar-refractivity contribution in [2.75, 3.05) is 14.2 Å². The van der Waals surface area contributed by atoms with Crippen molar-refractivity contribution in [2.24, 2.45) is 5.73 Å². The molecule has 10 heteroatoms. The molecule has 0 aliphatic heterocycles. The highest BCUT2D eigenvalue weighted by Gasteiger charge is 2.27. The number of primary amides is 1. The Morgan fingerprint density at radius 3 is 2.24 bits per heavy atom. The minimum atomic E-state index is -3.85. The first-order valence-corrected chi connectivity index (χ1v) is 13.9. The van der Waals surface area contributed by atoms with E-state index in [1.54, 1.807) is 39.2 Å². The molecular weight excluding hydrogens is 510 g/mol. The third-order valence-electron chi connectivity index (χ3n) is 5.82. The smallest absolute Gasteiger partial charge is 0.253 e. The molecule has 0 aromatic heterocycles. The molecule has 37 heavy (non-hydrogen) atoms. The van der Waals surface area contributed by atoms with Gasteiger partial charge in [0.2, 0.25) is 15.9 Å². The van der Waals surface area contributed by atoms with E-state index in [9.17, 15) is 18.0 Å². The fourth-order valence-electron chi connectivity index (χ4n) is 3.46. The van der Waals surface area contributed by atoms with E-state index in [2.05, 4.69) is 5.32 Å². The standard InChI is InChI=1S/C27H31N3O5S2/c1-18(2)30(3)37(33,34)22-14-15-25(36-21-12-10-20(35-4)11-13-21)23(17-22)27(32)29-24(26(28)31)16-19-8-6-5-7-9-19/h5-15,17-18,24H,16H2,1-4H3,(H2,28,31)(H,29,32)/t24-/m1/s1. The summed E-state index contributed by atoms with van der Waals surface area (Å²) in [6, 6.07) is 19.6. The molecule has 0 saturated carbocycles. The molecule has 0 bridgehead atoms. The van der Waals surface area contributed by atoms with Gasteiger partial charge in [0.05, 0.1) is 17.6 Å². The zero-order chi connectivity index (χ0) is 27.2. The number of hydrogen-bond donors (Lipinski definition) is 2. The fourth-order valence-corrected chi connectivity index (χ4v) is 5.78. The molecule has 0 fully saturated rings. The molecule has 0 saturated heterocycles. The number of nitrogens with two attached hydrogens (primary N) is 1. The van der Waals surface area contributed by atoms with Gasteiger partial charge in [-0.1, -0.05) is 42.1 Å². The summed E-state index contributed by atoms with van der Waals surface area (Å²) >= 11 is 1.29. The molecule has 0 heterocycles. The van der Waals surface area contributed by atoms with E-state index in [4.69, 9.17) is 10.5 Å². The molecule has 196 valence electrons. The second-order valence-corrected chi connectivity index (χ2v) is 11.8. The average Bonchev–Trinajstić information content (AvgIpc) is 2.88. The van der Waals surface area contributed by atoms with Crippen molar-refractivity contribution in [1.82, 2.24) is 9.62 Å². The minimum Gasteiger partial charge on any atom is -0.497 e. The van der Waals surface area contributed by atoms with E-state index < -0.39 is 27.9 Å². The number of rotatable bonds is 11. The van der Waals surface area contributed by atoms with Crippen LogP contribution in [0.25, 0.3) is 0 Å². The average molecular weight is 542 g/mol. The van der Waals surface area contributed by atoms with Crippen LogP contribution >= 0.6 is 11.8 Å². The van der Waals surface area contributed by atoms with Crippen LogP contribution in [-0.2, 0) is 21.2 Å². The number of nitrogens with zero attached hydrogens (tertiary/aromatic N) is 1. The first-order valence-electron chi connectivity index (χ1n) is 11.6. The van der Waals surface area contributed by atoms with Gasteiger partial charge < -0.3 is 15.8 Å². The van der Waals surface area contributed by atoms with Crippen molar-refractivity contribution in [3.63, 3.8) is 0 Å². The second kappa shape index (κ2) is 12.3. The maximum absolute atomic E-state index is 13.5. The number of sulfonamides is 1. The van der Waals surface area contributed by atoms with Crippen LogP contribution < -0.4 is 15.8 Å². The lowest BCUT2D eigenvalue weighted by atomic mass is 10.0. The first-order chi connectivity index (χ1) is 17.5. The number of carbonyl (C=O) groups is 2. The third kappa shape index (κ3) is 7.12. The Kier molecular flexibility index (Phi) is 9.36. The first kappa shape index (κ1) is 28.2. The minimum absolute atomic E-state index is 0.0217. The normalized spacial score (nSPS) is 12.4. The van der Waals surface area contributed by atoms with E-state index in [-0.39, 0.29) is 22.9 Å². The van der Waals surface area contributed by atoms with Crippen LogP contribution in [0.15, 0.2) is 87.5 Å². The summed E-state index contributed by atoms with van der Waals surface area (Å²) in [5.74, 6) is -0.601. The lowest BCUT2D eigenvalue weighted by Crippen LogP contribution is -2.46. The van der Waals surface area contributed by atoms with Crippen molar-refractivity contribution in [1.29, 1.82) is 0 Å². The summed E-state index contributed by atoms with van der Waals surface area (Å²) in [4.78, 5) is 27.0. The summed E-state index contributed by atoms with van der Waals surface area (Å²) in [7, 11) is -0.790. The quantitative estimate of drug-likeness (QED) is 0.382. The zero-order valence-corrected chi connectivity index (χ0v) is 22.8. The number of ether oxygens (including phenoxy) is 1. The van der Waals surface area contributed by atoms with E-state index >= 15 is 0 Å². The van der Waals surface area contributed by atoms with Crippen molar-refractivity contribution < 1.29 is 22.7 Å². The summed E-state index contributed by atoms with van der Waals surface area (Å²) in [5, 5.41) is 2.70. The molecule has 1 atom stereocenters. The fraction of sp³-hybridized carbons (Fsp3) is 0.259. The molecule has 0 aliphatic rings. The van der Waals surface area contributed by atoms with Crippen molar-refractivity contribution in [3.05, 3.63) is 83.9 Å². The monoisotopic (exact) mass is 541 g/mol. The highest BCUT2D eigenvalue weighted by atomic mass is 32.2. The predicted octanol–water partition coefficient (Wildman–Crippen LogP) is 3.70. The summed E-state index contributed by atoms with van der Waals surface area (Å²) < 4.78 is 32.8. The van der Waals surface area contributed by atoms with Crippen LogP contribution in [0.2, 0.25) is 0 Å². The molecule has 2 amide bonds. The molecule has 3 aromatic rings. The zero-order valence-electron chi connectivity index (χ0n) is 21.2. The van der Waals surface area contributed by atoms with Crippen molar-refractivity contribution in [2.45, 2.75) is 47.0 Å². The van der Waals surface area contributed by atoms with Gasteiger partial charge in [0.1, 0.15) is 11.8 Å². The highest BCUT2D eigenvalue weighted by molar-refractivity contribution is 7.99. The molecule has 0 spiro atoms. The van der Waals surface area contributed by atoms with Gasteiger partial charge >= 0.3 is 0 Å². The summed E-state index contributed by atoms with van der Waals surface area (Å²) in [6.45, 7) is 3.53. The Labute approximate surface area is 222 Å². The Hall–Kier alpha value is -3.34. The summed E-state index contributed by atoms with van der Waals surface area (Å²) in [5.41, 5.74) is 6.55. The maximum Gasteiger partial charge on any atom is 0.253 e. The topological polar surface area (TPSA) is 119 Å².